The van der Waals surface area contributed by atoms with Gasteiger partial charge in [-0.1, -0.05) is 23.7 Å². The molecule has 96 valence electrons. The SMILES string of the molecule is CC(Cc1ccco1)NC(C)c1ccc(Cl)cc1. The van der Waals surface area contributed by atoms with Gasteiger partial charge >= 0.3 is 0 Å². The molecule has 0 spiro atoms. The first kappa shape index (κ1) is 13.2. The fraction of sp³-hybridized carbons (Fsp3) is 0.333. The molecule has 1 N–H and O–H groups in total. The summed E-state index contributed by atoms with van der Waals surface area (Å²) in [6, 6.07) is 12.5. The van der Waals surface area contributed by atoms with Gasteiger partial charge in [0.1, 0.15) is 5.76 Å². The largest absolute Gasteiger partial charge is 0.469 e. The van der Waals surface area contributed by atoms with Crippen molar-refractivity contribution in [3.05, 3.63) is 59.0 Å². The number of halogens is 1. The molecule has 0 aliphatic heterocycles. The normalized spacial score (nSPS) is 14.4. The fourth-order valence-corrected chi connectivity index (χ4v) is 2.19. The van der Waals surface area contributed by atoms with E-state index in [1.54, 1.807) is 6.26 Å². The van der Waals surface area contributed by atoms with Crippen LogP contribution in [-0.4, -0.2) is 6.04 Å². The summed E-state index contributed by atoms with van der Waals surface area (Å²) in [7, 11) is 0. The number of nitrogens with one attached hydrogen (secondary N) is 1. The minimum Gasteiger partial charge on any atom is -0.469 e. The van der Waals surface area contributed by atoms with Crippen LogP contribution in [0, 0.1) is 0 Å². The number of hydrogen-bond acceptors (Lipinski definition) is 2. The van der Waals surface area contributed by atoms with Gasteiger partial charge in [-0.15, -0.1) is 0 Å². The Hall–Kier alpha value is -1.25. The molecule has 2 unspecified atom stereocenters. The van der Waals surface area contributed by atoms with Crippen LogP contribution in [-0.2, 0) is 6.42 Å². The lowest BCUT2D eigenvalue weighted by molar-refractivity contribution is 0.429. The van der Waals surface area contributed by atoms with Crippen molar-refractivity contribution in [3.8, 4) is 0 Å². The summed E-state index contributed by atoms with van der Waals surface area (Å²) in [5, 5.41) is 4.32. The maximum absolute atomic E-state index is 5.88. The van der Waals surface area contributed by atoms with Gasteiger partial charge in [0.05, 0.1) is 6.26 Å². The summed E-state index contributed by atoms with van der Waals surface area (Å²) in [6.45, 7) is 4.32. The Kier molecular flexibility index (Phi) is 4.45. The Morgan fingerprint density at radius 2 is 1.89 bits per heavy atom. The first-order chi connectivity index (χ1) is 8.65. The molecule has 2 aromatic rings. The van der Waals surface area contributed by atoms with E-state index in [9.17, 15) is 0 Å². The first-order valence-electron chi connectivity index (χ1n) is 6.19. The number of benzene rings is 1. The molecule has 0 aliphatic rings. The van der Waals surface area contributed by atoms with E-state index in [0.717, 1.165) is 17.2 Å². The lowest BCUT2D eigenvalue weighted by atomic mass is 10.1. The van der Waals surface area contributed by atoms with Crippen LogP contribution in [0.1, 0.15) is 31.2 Å². The van der Waals surface area contributed by atoms with Crippen LogP contribution in [0.15, 0.2) is 47.1 Å². The molecule has 0 saturated heterocycles. The highest BCUT2D eigenvalue weighted by atomic mass is 35.5. The van der Waals surface area contributed by atoms with Gasteiger partial charge in [-0.3, -0.25) is 0 Å². The molecule has 1 heterocycles. The smallest absolute Gasteiger partial charge is 0.105 e. The molecule has 0 amide bonds. The van der Waals surface area contributed by atoms with Gasteiger partial charge in [-0.25, -0.2) is 0 Å². The summed E-state index contributed by atoms with van der Waals surface area (Å²) >= 11 is 5.88. The second kappa shape index (κ2) is 6.07. The average molecular weight is 264 g/mol. The molecule has 2 atom stereocenters. The molecule has 2 rings (SSSR count). The van der Waals surface area contributed by atoms with E-state index in [0.29, 0.717) is 12.1 Å². The van der Waals surface area contributed by atoms with Crippen molar-refractivity contribution in [2.45, 2.75) is 32.4 Å². The fourth-order valence-electron chi connectivity index (χ4n) is 2.06. The monoisotopic (exact) mass is 263 g/mol. The van der Waals surface area contributed by atoms with Crippen molar-refractivity contribution in [3.63, 3.8) is 0 Å². The standard InChI is InChI=1S/C15H18ClNO/c1-11(10-15-4-3-9-18-15)17-12(2)13-5-7-14(16)8-6-13/h3-9,11-12,17H,10H2,1-2H3. The minimum atomic E-state index is 0.298. The molecule has 0 radical (unpaired) electrons. The third-order valence-electron chi connectivity index (χ3n) is 2.99. The van der Waals surface area contributed by atoms with Gasteiger partial charge in [0, 0.05) is 23.5 Å². The van der Waals surface area contributed by atoms with Crippen molar-refractivity contribution >= 4 is 11.6 Å². The van der Waals surface area contributed by atoms with Crippen LogP contribution >= 0.6 is 11.6 Å². The molecule has 1 aromatic carbocycles. The maximum atomic E-state index is 5.88. The van der Waals surface area contributed by atoms with E-state index in [2.05, 4.69) is 31.3 Å². The van der Waals surface area contributed by atoms with E-state index in [1.165, 1.54) is 5.56 Å². The van der Waals surface area contributed by atoms with Crippen LogP contribution < -0.4 is 5.32 Å². The molecular formula is C15H18ClNO. The van der Waals surface area contributed by atoms with Crippen LogP contribution in [0.5, 0.6) is 0 Å². The van der Waals surface area contributed by atoms with Crippen LogP contribution in [0.3, 0.4) is 0 Å². The zero-order valence-corrected chi connectivity index (χ0v) is 11.4. The number of hydrogen-bond donors (Lipinski definition) is 1. The molecule has 0 bridgehead atoms. The van der Waals surface area contributed by atoms with Gasteiger partial charge in [-0.05, 0) is 43.7 Å². The van der Waals surface area contributed by atoms with Crippen LogP contribution in [0.25, 0.3) is 0 Å². The molecule has 1 aromatic heterocycles. The summed E-state index contributed by atoms with van der Waals surface area (Å²) < 4.78 is 5.35. The zero-order valence-electron chi connectivity index (χ0n) is 10.7. The van der Waals surface area contributed by atoms with E-state index < -0.39 is 0 Å². The Morgan fingerprint density at radius 3 is 2.50 bits per heavy atom. The van der Waals surface area contributed by atoms with E-state index in [1.807, 2.05) is 24.3 Å². The van der Waals surface area contributed by atoms with Crippen molar-refractivity contribution in [1.29, 1.82) is 0 Å². The molecule has 2 nitrogen and oxygen atoms in total. The third kappa shape index (κ3) is 3.62. The van der Waals surface area contributed by atoms with E-state index in [4.69, 9.17) is 16.0 Å². The van der Waals surface area contributed by atoms with Gasteiger partial charge in [0.15, 0.2) is 0 Å². The van der Waals surface area contributed by atoms with Crippen molar-refractivity contribution in [2.24, 2.45) is 0 Å². The summed E-state index contributed by atoms with van der Waals surface area (Å²) in [6.07, 6.45) is 2.61. The molecule has 3 heteroatoms. The Balaban J connectivity index is 1.90. The van der Waals surface area contributed by atoms with Crippen molar-refractivity contribution < 1.29 is 4.42 Å². The van der Waals surface area contributed by atoms with Crippen LogP contribution in [0.4, 0.5) is 0 Å². The second-order valence-corrected chi connectivity index (χ2v) is 5.06. The topological polar surface area (TPSA) is 25.2 Å². The average Bonchev–Trinajstić information content (AvgIpc) is 2.82. The lowest BCUT2D eigenvalue weighted by Crippen LogP contribution is -2.30. The second-order valence-electron chi connectivity index (χ2n) is 4.62. The first-order valence-corrected chi connectivity index (χ1v) is 6.57. The predicted molar refractivity (Wildman–Crippen MR) is 74.9 cm³/mol. The molecule has 0 aliphatic carbocycles. The number of rotatable bonds is 5. The van der Waals surface area contributed by atoms with Gasteiger partial charge in [0.2, 0.25) is 0 Å². The van der Waals surface area contributed by atoms with Crippen molar-refractivity contribution in [2.75, 3.05) is 0 Å². The van der Waals surface area contributed by atoms with E-state index >= 15 is 0 Å². The summed E-state index contributed by atoms with van der Waals surface area (Å²) in [5.41, 5.74) is 1.24. The quantitative estimate of drug-likeness (QED) is 0.874. The predicted octanol–water partition coefficient (Wildman–Crippen LogP) is 4.21. The highest BCUT2D eigenvalue weighted by molar-refractivity contribution is 6.30. The van der Waals surface area contributed by atoms with Gasteiger partial charge < -0.3 is 9.73 Å². The highest BCUT2D eigenvalue weighted by Crippen LogP contribution is 2.17. The van der Waals surface area contributed by atoms with Gasteiger partial charge in [0.25, 0.3) is 0 Å². The third-order valence-corrected chi connectivity index (χ3v) is 3.24. The Bertz CT molecular complexity index is 464. The lowest BCUT2D eigenvalue weighted by Gasteiger charge is -2.19. The number of furan rings is 1. The zero-order chi connectivity index (χ0) is 13.0. The van der Waals surface area contributed by atoms with Crippen LogP contribution in [0.2, 0.25) is 5.02 Å². The summed E-state index contributed by atoms with van der Waals surface area (Å²) in [4.78, 5) is 0. The molecule has 18 heavy (non-hydrogen) atoms. The van der Waals surface area contributed by atoms with Crippen molar-refractivity contribution in [1.82, 2.24) is 5.32 Å². The maximum Gasteiger partial charge on any atom is 0.105 e. The molecular weight excluding hydrogens is 246 g/mol. The van der Waals surface area contributed by atoms with E-state index in [-0.39, 0.29) is 0 Å². The van der Waals surface area contributed by atoms with Gasteiger partial charge in [-0.2, -0.15) is 0 Å². The Morgan fingerprint density at radius 1 is 1.17 bits per heavy atom. The molecule has 0 saturated carbocycles. The highest BCUT2D eigenvalue weighted by Gasteiger charge is 2.10. The minimum absolute atomic E-state index is 0.298. The molecule has 0 fully saturated rings. The Labute approximate surface area is 113 Å². The summed E-state index contributed by atoms with van der Waals surface area (Å²) in [5.74, 6) is 1.01.